The molecule has 13 heavy (non-hydrogen) atoms. The van der Waals surface area contributed by atoms with Crippen LogP contribution in [0, 0.1) is 24.7 Å². The van der Waals surface area contributed by atoms with Crippen molar-refractivity contribution in [3.05, 3.63) is 6.92 Å². The van der Waals surface area contributed by atoms with Gasteiger partial charge >= 0.3 is 0 Å². The van der Waals surface area contributed by atoms with Gasteiger partial charge in [0.05, 0.1) is 0 Å². The second kappa shape index (κ2) is 7.41. The highest BCUT2D eigenvalue weighted by Gasteiger charge is 2.05. The molecule has 0 saturated carbocycles. The maximum absolute atomic E-state index is 4.07. The molecule has 0 nitrogen and oxygen atoms in total. The summed E-state index contributed by atoms with van der Waals surface area (Å²) in [4.78, 5) is 0. The first kappa shape index (κ1) is 13.0. The standard InChI is InChI=1S/C13H27/c1-11(2)9-7-6-8-10-13(5)12(3)4/h11-13H,3,6-10H2,1-2,4-5H3. The molecule has 0 heteroatoms. The molecule has 0 saturated heterocycles. The molecule has 0 rings (SSSR count). The van der Waals surface area contributed by atoms with E-state index < -0.39 is 0 Å². The van der Waals surface area contributed by atoms with Crippen LogP contribution in [-0.2, 0) is 0 Å². The van der Waals surface area contributed by atoms with Gasteiger partial charge in [-0.3, -0.25) is 0 Å². The van der Waals surface area contributed by atoms with Gasteiger partial charge in [0, 0.05) is 0 Å². The van der Waals surface area contributed by atoms with E-state index in [9.17, 15) is 0 Å². The van der Waals surface area contributed by atoms with Gasteiger partial charge in [-0.25, -0.2) is 0 Å². The maximum atomic E-state index is 4.07. The van der Waals surface area contributed by atoms with Crippen LogP contribution in [0.3, 0.4) is 0 Å². The van der Waals surface area contributed by atoms with Crippen LogP contribution in [0.1, 0.15) is 59.8 Å². The zero-order valence-corrected chi connectivity index (χ0v) is 9.97. The highest BCUT2D eigenvalue weighted by molar-refractivity contribution is 4.63. The van der Waals surface area contributed by atoms with Crippen molar-refractivity contribution in [2.75, 3.05) is 0 Å². The summed E-state index contributed by atoms with van der Waals surface area (Å²) in [5, 5.41) is 0. The SMILES string of the molecule is [CH2]C(C)C(C)CCCCCC(C)C. The second-order valence-corrected chi connectivity index (χ2v) is 4.99. The predicted octanol–water partition coefficient (Wildman–Crippen LogP) is 4.70. The first-order valence-electron chi connectivity index (χ1n) is 5.87. The third-order valence-corrected chi connectivity index (χ3v) is 2.91. The largest absolute Gasteiger partial charge is 0.0628 e. The summed E-state index contributed by atoms with van der Waals surface area (Å²) in [7, 11) is 0. The van der Waals surface area contributed by atoms with Gasteiger partial charge in [-0.2, -0.15) is 0 Å². The van der Waals surface area contributed by atoms with Crippen molar-refractivity contribution in [2.45, 2.75) is 59.8 Å². The first-order chi connectivity index (χ1) is 6.04. The molecular formula is C13H27. The van der Waals surface area contributed by atoms with Crippen LogP contribution in [0.25, 0.3) is 0 Å². The molecular weight excluding hydrogens is 156 g/mol. The fourth-order valence-corrected chi connectivity index (χ4v) is 1.48. The molecule has 0 aliphatic heterocycles. The summed E-state index contributed by atoms with van der Waals surface area (Å²) in [6.45, 7) is 13.2. The number of hydrogen-bond donors (Lipinski definition) is 0. The quantitative estimate of drug-likeness (QED) is 0.502. The fourth-order valence-electron chi connectivity index (χ4n) is 1.48. The van der Waals surface area contributed by atoms with Gasteiger partial charge in [-0.1, -0.05) is 66.7 Å². The summed E-state index contributed by atoms with van der Waals surface area (Å²) in [6.07, 6.45) is 6.98. The summed E-state index contributed by atoms with van der Waals surface area (Å²) >= 11 is 0. The first-order valence-corrected chi connectivity index (χ1v) is 5.87. The molecule has 79 valence electrons. The molecule has 2 atom stereocenters. The third-order valence-electron chi connectivity index (χ3n) is 2.91. The zero-order chi connectivity index (χ0) is 10.3. The summed E-state index contributed by atoms with van der Waals surface area (Å²) in [5.74, 6) is 2.30. The Morgan fingerprint density at radius 2 is 1.38 bits per heavy atom. The van der Waals surface area contributed by atoms with Gasteiger partial charge in [0.2, 0.25) is 0 Å². The van der Waals surface area contributed by atoms with Crippen molar-refractivity contribution in [1.29, 1.82) is 0 Å². The molecule has 0 heterocycles. The Balaban J connectivity index is 3.16. The fraction of sp³-hybridized carbons (Fsp3) is 0.923. The number of unbranched alkanes of at least 4 members (excludes halogenated alkanes) is 2. The molecule has 1 radical (unpaired) electrons. The monoisotopic (exact) mass is 183 g/mol. The van der Waals surface area contributed by atoms with E-state index in [1.54, 1.807) is 0 Å². The van der Waals surface area contributed by atoms with Gasteiger partial charge in [-0.15, -0.1) is 0 Å². The van der Waals surface area contributed by atoms with Crippen molar-refractivity contribution in [3.8, 4) is 0 Å². The normalized spacial score (nSPS) is 14.1. The van der Waals surface area contributed by atoms with Gasteiger partial charge in [-0.05, 0) is 17.8 Å². The van der Waals surface area contributed by atoms with Crippen LogP contribution in [-0.4, -0.2) is 0 Å². The summed E-state index contributed by atoms with van der Waals surface area (Å²) < 4.78 is 0. The minimum atomic E-state index is 0.616. The Bertz CT molecular complexity index is 103. The van der Waals surface area contributed by atoms with E-state index in [0.29, 0.717) is 5.92 Å². The average molecular weight is 183 g/mol. The van der Waals surface area contributed by atoms with Crippen LogP contribution < -0.4 is 0 Å². The smallest absolute Gasteiger partial charge is 0.0417 e. The lowest BCUT2D eigenvalue weighted by molar-refractivity contribution is 0.398. The van der Waals surface area contributed by atoms with Gasteiger partial charge in [0.15, 0.2) is 0 Å². The molecule has 0 spiro atoms. The van der Waals surface area contributed by atoms with Crippen molar-refractivity contribution in [3.63, 3.8) is 0 Å². The summed E-state index contributed by atoms with van der Waals surface area (Å²) in [6, 6.07) is 0. The molecule has 0 bridgehead atoms. The molecule has 0 fully saturated rings. The number of rotatable bonds is 7. The van der Waals surface area contributed by atoms with Crippen LogP contribution in [0.4, 0.5) is 0 Å². The van der Waals surface area contributed by atoms with Crippen LogP contribution >= 0.6 is 0 Å². The van der Waals surface area contributed by atoms with E-state index >= 15 is 0 Å². The zero-order valence-electron chi connectivity index (χ0n) is 9.97. The van der Waals surface area contributed by atoms with Crippen LogP contribution in [0.15, 0.2) is 0 Å². The molecule has 0 amide bonds. The highest BCUT2D eigenvalue weighted by atomic mass is 14.1. The number of hydrogen-bond acceptors (Lipinski definition) is 0. The lowest BCUT2D eigenvalue weighted by Gasteiger charge is -2.14. The van der Waals surface area contributed by atoms with Crippen molar-refractivity contribution < 1.29 is 0 Å². The molecule has 0 aromatic carbocycles. The van der Waals surface area contributed by atoms with E-state index in [-0.39, 0.29) is 0 Å². The molecule has 0 aromatic rings. The summed E-state index contributed by atoms with van der Waals surface area (Å²) in [5.41, 5.74) is 0. The van der Waals surface area contributed by atoms with E-state index in [1.165, 1.54) is 32.1 Å². The Hall–Kier alpha value is 0. The molecule has 0 N–H and O–H groups in total. The average Bonchev–Trinajstić information content (AvgIpc) is 2.02. The Labute approximate surface area is 85.1 Å². The Morgan fingerprint density at radius 1 is 0.846 bits per heavy atom. The maximum Gasteiger partial charge on any atom is -0.0417 e. The lowest BCUT2D eigenvalue weighted by Crippen LogP contribution is -2.03. The van der Waals surface area contributed by atoms with E-state index in [1.807, 2.05) is 0 Å². The minimum Gasteiger partial charge on any atom is -0.0628 e. The van der Waals surface area contributed by atoms with Crippen molar-refractivity contribution in [1.82, 2.24) is 0 Å². The van der Waals surface area contributed by atoms with E-state index in [2.05, 4.69) is 34.6 Å². The molecule has 0 aliphatic rings. The topological polar surface area (TPSA) is 0 Å². The molecule has 2 unspecified atom stereocenters. The van der Waals surface area contributed by atoms with Crippen molar-refractivity contribution in [2.24, 2.45) is 17.8 Å². The second-order valence-electron chi connectivity index (χ2n) is 4.99. The van der Waals surface area contributed by atoms with E-state index in [4.69, 9.17) is 0 Å². The molecule has 0 aromatic heterocycles. The Kier molecular flexibility index (Phi) is 7.41. The van der Waals surface area contributed by atoms with Crippen LogP contribution in [0.2, 0.25) is 0 Å². The van der Waals surface area contributed by atoms with Crippen LogP contribution in [0.5, 0.6) is 0 Å². The molecule has 0 aliphatic carbocycles. The van der Waals surface area contributed by atoms with E-state index in [0.717, 1.165) is 11.8 Å². The van der Waals surface area contributed by atoms with Gasteiger partial charge < -0.3 is 0 Å². The van der Waals surface area contributed by atoms with Crippen molar-refractivity contribution >= 4 is 0 Å². The van der Waals surface area contributed by atoms with Gasteiger partial charge in [0.1, 0.15) is 0 Å². The lowest BCUT2D eigenvalue weighted by atomic mass is 9.92. The Morgan fingerprint density at radius 3 is 1.85 bits per heavy atom. The minimum absolute atomic E-state index is 0.616. The highest BCUT2D eigenvalue weighted by Crippen LogP contribution is 2.18. The third kappa shape index (κ3) is 8.33. The van der Waals surface area contributed by atoms with Gasteiger partial charge in [0.25, 0.3) is 0 Å². The predicted molar refractivity (Wildman–Crippen MR) is 61.6 cm³/mol.